The maximum absolute atomic E-state index is 2.67. The first-order valence-electron chi connectivity index (χ1n) is 7.87. The van der Waals surface area contributed by atoms with E-state index in [1.54, 1.807) is 21.7 Å². The van der Waals surface area contributed by atoms with E-state index in [1.807, 2.05) is 0 Å². The molecule has 3 aliphatic heterocycles. The molecule has 20 heavy (non-hydrogen) atoms. The molecule has 0 aromatic heterocycles. The summed E-state index contributed by atoms with van der Waals surface area (Å²) in [5.74, 6) is 0. The molecule has 0 aliphatic carbocycles. The molecular weight excluding hydrogens is 276 g/mol. The summed E-state index contributed by atoms with van der Waals surface area (Å²) in [5.41, 5.74) is 3.23. The predicted molar refractivity (Wildman–Crippen MR) is 96.8 cm³/mol. The van der Waals surface area contributed by atoms with E-state index in [-0.39, 0.29) is 0 Å². The Kier molecular flexibility index (Phi) is 3.10. The number of anilines is 2. The molecule has 0 N–H and O–H groups in total. The highest BCUT2D eigenvalue weighted by molar-refractivity contribution is 6.92. The Morgan fingerprint density at radius 1 is 0.650 bits per heavy atom. The molecule has 110 valence electrons. The van der Waals surface area contributed by atoms with E-state index in [9.17, 15) is 0 Å². The summed E-state index contributed by atoms with van der Waals surface area (Å²) in [6, 6.07) is 4.95. The van der Waals surface area contributed by atoms with Gasteiger partial charge in [-0.25, -0.2) is 0 Å². The number of nitrogens with zero attached hydrogens (tertiary/aromatic N) is 2. The third-order valence-corrected chi connectivity index (χ3v) is 8.72. The Morgan fingerprint density at radius 2 is 0.950 bits per heavy atom. The van der Waals surface area contributed by atoms with Crippen LogP contribution in [0.2, 0.25) is 39.3 Å². The average Bonchev–Trinajstić information content (AvgIpc) is 2.36. The lowest BCUT2D eigenvalue weighted by Gasteiger charge is -2.49. The van der Waals surface area contributed by atoms with Crippen molar-refractivity contribution in [1.29, 1.82) is 0 Å². The van der Waals surface area contributed by atoms with Gasteiger partial charge in [0.15, 0.2) is 0 Å². The summed E-state index contributed by atoms with van der Waals surface area (Å²) in [5, 5.41) is 3.33. The van der Waals surface area contributed by atoms with Crippen molar-refractivity contribution in [2.45, 2.75) is 39.3 Å². The zero-order chi connectivity index (χ0) is 14.7. The lowest BCUT2D eigenvalue weighted by Crippen LogP contribution is -2.59. The van der Waals surface area contributed by atoms with Gasteiger partial charge in [-0.15, -0.1) is 0 Å². The van der Waals surface area contributed by atoms with Gasteiger partial charge in [-0.3, -0.25) is 0 Å². The van der Waals surface area contributed by atoms with Crippen LogP contribution >= 0.6 is 0 Å². The zero-order valence-electron chi connectivity index (χ0n) is 13.9. The van der Waals surface area contributed by atoms with Crippen LogP contribution in [0.1, 0.15) is 0 Å². The fourth-order valence-corrected chi connectivity index (χ4v) is 6.72. The standard InChI is InChI=1S/C16H28N2Si2/c1-19(2,3)13-7-8-14(20(4,5)6)16-15(13)17-9-11-18(16)12-10-17/h7-8H,9-12H2,1-6H3. The molecule has 2 nitrogen and oxygen atoms in total. The second-order valence-electron chi connectivity index (χ2n) is 8.33. The molecule has 0 amide bonds. The highest BCUT2D eigenvalue weighted by atomic mass is 28.3. The van der Waals surface area contributed by atoms with E-state index >= 15 is 0 Å². The molecule has 1 aromatic rings. The van der Waals surface area contributed by atoms with Gasteiger partial charge in [0.1, 0.15) is 0 Å². The summed E-state index contributed by atoms with van der Waals surface area (Å²) < 4.78 is 0. The van der Waals surface area contributed by atoms with E-state index in [1.165, 1.54) is 26.2 Å². The molecule has 3 aliphatic rings. The van der Waals surface area contributed by atoms with Gasteiger partial charge in [0.2, 0.25) is 0 Å². The van der Waals surface area contributed by atoms with Crippen molar-refractivity contribution in [3.63, 3.8) is 0 Å². The SMILES string of the molecule is C[Si](C)(C)c1ccc([Si](C)(C)C)c2c1N1CCN2CC1. The van der Waals surface area contributed by atoms with Crippen LogP contribution in [-0.2, 0) is 0 Å². The van der Waals surface area contributed by atoms with Crippen LogP contribution in [0.25, 0.3) is 0 Å². The molecule has 1 fully saturated rings. The van der Waals surface area contributed by atoms with Gasteiger partial charge in [-0.05, 0) is 10.4 Å². The van der Waals surface area contributed by atoms with Crippen molar-refractivity contribution in [2.24, 2.45) is 0 Å². The molecule has 4 heteroatoms. The first-order valence-corrected chi connectivity index (χ1v) is 14.9. The summed E-state index contributed by atoms with van der Waals surface area (Å²) in [6.45, 7) is 19.8. The quantitative estimate of drug-likeness (QED) is 0.774. The van der Waals surface area contributed by atoms with Gasteiger partial charge in [-0.2, -0.15) is 0 Å². The van der Waals surface area contributed by atoms with Crippen LogP contribution < -0.4 is 20.2 Å². The normalized spacial score (nSPS) is 18.5. The Labute approximate surface area is 125 Å². The minimum atomic E-state index is -1.29. The lowest BCUT2D eigenvalue weighted by atomic mass is 10.1. The number of hydrogen-bond donors (Lipinski definition) is 0. The van der Waals surface area contributed by atoms with Crippen molar-refractivity contribution in [1.82, 2.24) is 0 Å². The summed E-state index contributed by atoms with van der Waals surface area (Å²) >= 11 is 0. The maximum Gasteiger partial charge on any atom is 0.0804 e. The van der Waals surface area contributed by atoms with Crippen LogP contribution in [-0.4, -0.2) is 42.3 Å². The van der Waals surface area contributed by atoms with Gasteiger partial charge in [-0.1, -0.05) is 51.4 Å². The van der Waals surface area contributed by atoms with Crippen LogP contribution in [0.15, 0.2) is 12.1 Å². The number of hydrogen-bond acceptors (Lipinski definition) is 2. The van der Waals surface area contributed by atoms with Crippen LogP contribution in [0.5, 0.6) is 0 Å². The van der Waals surface area contributed by atoms with Crippen molar-refractivity contribution in [2.75, 3.05) is 36.0 Å². The van der Waals surface area contributed by atoms with E-state index in [0.717, 1.165) is 0 Å². The topological polar surface area (TPSA) is 6.48 Å². The van der Waals surface area contributed by atoms with Gasteiger partial charge in [0.05, 0.1) is 27.5 Å². The smallest absolute Gasteiger partial charge is 0.0804 e. The maximum atomic E-state index is 2.67. The molecule has 0 saturated carbocycles. The van der Waals surface area contributed by atoms with Crippen LogP contribution in [0.4, 0.5) is 11.4 Å². The van der Waals surface area contributed by atoms with Crippen molar-refractivity contribution >= 4 is 37.9 Å². The van der Waals surface area contributed by atoms with Crippen molar-refractivity contribution in [3.8, 4) is 0 Å². The van der Waals surface area contributed by atoms with E-state index in [4.69, 9.17) is 0 Å². The van der Waals surface area contributed by atoms with E-state index in [2.05, 4.69) is 61.2 Å². The molecule has 3 heterocycles. The second-order valence-corrected chi connectivity index (χ2v) is 18.4. The molecule has 0 atom stereocenters. The molecule has 0 unspecified atom stereocenters. The summed E-state index contributed by atoms with van der Waals surface area (Å²) in [6.07, 6.45) is 0. The molecule has 2 bridgehead atoms. The second kappa shape index (κ2) is 4.37. The first kappa shape index (κ1) is 14.2. The fourth-order valence-electron chi connectivity index (χ4n) is 3.58. The largest absolute Gasteiger partial charge is 0.366 e. The monoisotopic (exact) mass is 304 g/mol. The molecule has 1 saturated heterocycles. The lowest BCUT2D eigenvalue weighted by molar-refractivity contribution is 0.627. The number of fused-ring (bicyclic) bond motifs is 2. The molecule has 4 rings (SSSR count). The third-order valence-electron chi connectivity index (χ3n) is 4.68. The predicted octanol–water partition coefficient (Wildman–Crippen LogP) is 2.42. The minimum absolute atomic E-state index is 1.22. The highest BCUT2D eigenvalue weighted by Gasteiger charge is 2.37. The van der Waals surface area contributed by atoms with Crippen molar-refractivity contribution < 1.29 is 0 Å². The Balaban J connectivity index is 2.28. The third kappa shape index (κ3) is 2.13. The Bertz CT molecular complexity index is 484. The number of piperazine rings is 1. The molecular formula is C16H28N2Si2. The van der Waals surface area contributed by atoms with Crippen LogP contribution in [0.3, 0.4) is 0 Å². The van der Waals surface area contributed by atoms with Gasteiger partial charge >= 0.3 is 0 Å². The van der Waals surface area contributed by atoms with E-state index in [0.29, 0.717) is 0 Å². The fraction of sp³-hybridized carbons (Fsp3) is 0.625. The molecule has 0 spiro atoms. The van der Waals surface area contributed by atoms with Gasteiger partial charge in [0.25, 0.3) is 0 Å². The highest BCUT2D eigenvalue weighted by Crippen LogP contribution is 2.36. The summed E-state index contributed by atoms with van der Waals surface area (Å²) in [4.78, 5) is 5.35. The van der Waals surface area contributed by atoms with E-state index < -0.39 is 16.1 Å². The Morgan fingerprint density at radius 3 is 1.20 bits per heavy atom. The zero-order valence-corrected chi connectivity index (χ0v) is 15.9. The Hall–Kier alpha value is -0.746. The summed E-state index contributed by atoms with van der Waals surface area (Å²) in [7, 11) is -2.57. The number of benzene rings is 1. The molecule has 0 radical (unpaired) electrons. The van der Waals surface area contributed by atoms with Crippen molar-refractivity contribution in [3.05, 3.63) is 12.1 Å². The first-order chi connectivity index (χ1) is 9.19. The van der Waals surface area contributed by atoms with Crippen LogP contribution in [0, 0.1) is 0 Å². The number of rotatable bonds is 2. The van der Waals surface area contributed by atoms with Gasteiger partial charge < -0.3 is 9.80 Å². The average molecular weight is 305 g/mol. The van der Waals surface area contributed by atoms with Gasteiger partial charge in [0, 0.05) is 26.2 Å². The molecule has 1 aromatic carbocycles. The minimum Gasteiger partial charge on any atom is -0.366 e.